The molecule has 1 fully saturated rings. The number of nitriles is 1. The van der Waals surface area contributed by atoms with Gasteiger partial charge in [0.05, 0.1) is 17.7 Å². The lowest BCUT2D eigenvalue weighted by atomic mass is 9.79. The van der Waals surface area contributed by atoms with Crippen molar-refractivity contribution in [2.75, 3.05) is 19.6 Å². The van der Waals surface area contributed by atoms with Gasteiger partial charge in [-0.1, -0.05) is 19.0 Å². The summed E-state index contributed by atoms with van der Waals surface area (Å²) >= 11 is 0. The van der Waals surface area contributed by atoms with Gasteiger partial charge < -0.3 is 4.84 Å². The van der Waals surface area contributed by atoms with Crippen molar-refractivity contribution in [2.24, 2.45) is 22.9 Å². The largest absolute Gasteiger partial charge is 0.391 e. The minimum absolute atomic E-state index is 0.169. The van der Waals surface area contributed by atoms with Crippen molar-refractivity contribution in [3.8, 4) is 6.07 Å². The van der Waals surface area contributed by atoms with E-state index in [0.717, 1.165) is 38.2 Å². The summed E-state index contributed by atoms with van der Waals surface area (Å²) in [5.74, 6) is 1.32. The number of nitrogens with zero attached hydrogens (tertiary/aromatic N) is 3. The van der Waals surface area contributed by atoms with E-state index >= 15 is 0 Å². The smallest absolute Gasteiger partial charge is 0.145 e. The van der Waals surface area contributed by atoms with E-state index < -0.39 is 0 Å². The summed E-state index contributed by atoms with van der Waals surface area (Å²) in [6, 6.07) is 2.49. The highest BCUT2D eigenvalue weighted by molar-refractivity contribution is 5.82. The molecule has 18 heavy (non-hydrogen) atoms. The van der Waals surface area contributed by atoms with Crippen LogP contribution < -0.4 is 0 Å². The maximum atomic E-state index is 9.30. The quantitative estimate of drug-likeness (QED) is 0.771. The topological polar surface area (TPSA) is 48.6 Å². The Morgan fingerprint density at radius 3 is 2.89 bits per heavy atom. The zero-order chi connectivity index (χ0) is 13.1. The summed E-state index contributed by atoms with van der Waals surface area (Å²) in [6.45, 7) is 9.33. The first-order valence-corrected chi connectivity index (χ1v) is 6.91. The minimum atomic E-state index is 0.169. The predicted octanol–water partition coefficient (Wildman–Crippen LogP) is 2.27. The van der Waals surface area contributed by atoms with Crippen LogP contribution in [0.4, 0.5) is 0 Å². The molecule has 4 heteroatoms. The van der Waals surface area contributed by atoms with Gasteiger partial charge in [-0.15, -0.1) is 0 Å². The average molecular weight is 249 g/mol. The molecule has 100 valence electrons. The SMILES string of the molecule is CC1=NOC(CN2CCC(C(C)C)C(C#N)C2)C1. The lowest BCUT2D eigenvalue weighted by Crippen LogP contribution is -2.44. The average Bonchev–Trinajstić information content (AvgIpc) is 2.74. The Balaban J connectivity index is 1.85. The summed E-state index contributed by atoms with van der Waals surface area (Å²) in [5, 5.41) is 13.3. The Hall–Kier alpha value is -1.08. The van der Waals surface area contributed by atoms with E-state index in [2.05, 4.69) is 30.0 Å². The lowest BCUT2D eigenvalue weighted by Gasteiger charge is -2.37. The van der Waals surface area contributed by atoms with Crippen LogP contribution in [0.15, 0.2) is 5.16 Å². The molecule has 0 aromatic heterocycles. The highest BCUT2D eigenvalue weighted by atomic mass is 16.6. The molecule has 2 aliphatic rings. The van der Waals surface area contributed by atoms with E-state index in [0.29, 0.717) is 11.8 Å². The molecular weight excluding hydrogens is 226 g/mol. The van der Waals surface area contributed by atoms with Gasteiger partial charge in [-0.2, -0.15) is 5.26 Å². The van der Waals surface area contributed by atoms with E-state index in [1.165, 1.54) is 0 Å². The summed E-state index contributed by atoms with van der Waals surface area (Å²) in [4.78, 5) is 7.74. The first kappa shape index (κ1) is 13.4. The Morgan fingerprint density at radius 1 is 1.56 bits per heavy atom. The van der Waals surface area contributed by atoms with Crippen molar-refractivity contribution >= 4 is 5.71 Å². The van der Waals surface area contributed by atoms with Gasteiger partial charge in [0, 0.05) is 19.5 Å². The second kappa shape index (κ2) is 5.71. The molecule has 4 nitrogen and oxygen atoms in total. The van der Waals surface area contributed by atoms with Gasteiger partial charge in [-0.3, -0.25) is 4.90 Å². The van der Waals surface area contributed by atoms with E-state index in [4.69, 9.17) is 4.84 Å². The standard InChI is InChI=1S/C14H23N3O/c1-10(2)14-4-5-17(8-12(14)7-15)9-13-6-11(3)16-18-13/h10,12-14H,4-6,8-9H2,1-3H3. The molecule has 3 unspecified atom stereocenters. The van der Waals surface area contributed by atoms with Crippen LogP contribution >= 0.6 is 0 Å². The van der Waals surface area contributed by atoms with Crippen LogP contribution in [0.3, 0.4) is 0 Å². The number of rotatable bonds is 3. The number of hydrogen-bond donors (Lipinski definition) is 0. The lowest BCUT2D eigenvalue weighted by molar-refractivity contribution is 0.0301. The second-order valence-electron chi connectivity index (χ2n) is 5.95. The van der Waals surface area contributed by atoms with Crippen molar-refractivity contribution in [3.63, 3.8) is 0 Å². The van der Waals surface area contributed by atoms with Crippen LogP contribution in [0.1, 0.15) is 33.6 Å². The molecule has 2 heterocycles. The molecule has 1 saturated heterocycles. The fourth-order valence-electron chi connectivity index (χ4n) is 3.09. The van der Waals surface area contributed by atoms with Crippen molar-refractivity contribution in [2.45, 2.75) is 39.7 Å². The van der Waals surface area contributed by atoms with Crippen LogP contribution in [0, 0.1) is 29.1 Å². The molecule has 0 N–H and O–H groups in total. The number of hydrogen-bond acceptors (Lipinski definition) is 4. The van der Waals surface area contributed by atoms with Gasteiger partial charge in [-0.25, -0.2) is 0 Å². The molecule has 0 aromatic rings. The molecule has 0 amide bonds. The molecule has 2 aliphatic heterocycles. The van der Waals surface area contributed by atoms with Crippen LogP contribution in [0.5, 0.6) is 0 Å². The molecular formula is C14H23N3O. The van der Waals surface area contributed by atoms with E-state index in [9.17, 15) is 5.26 Å². The molecule has 0 radical (unpaired) electrons. The zero-order valence-electron chi connectivity index (χ0n) is 11.6. The van der Waals surface area contributed by atoms with Crippen molar-refractivity contribution in [1.29, 1.82) is 5.26 Å². The summed E-state index contributed by atoms with van der Waals surface area (Å²) in [6.07, 6.45) is 2.25. The van der Waals surface area contributed by atoms with Gasteiger partial charge in [0.25, 0.3) is 0 Å². The number of likely N-dealkylation sites (tertiary alicyclic amines) is 1. The van der Waals surface area contributed by atoms with Gasteiger partial charge >= 0.3 is 0 Å². The van der Waals surface area contributed by atoms with Crippen molar-refractivity contribution in [1.82, 2.24) is 4.90 Å². The van der Waals surface area contributed by atoms with Gasteiger partial charge in [-0.05, 0) is 31.7 Å². The Bertz CT molecular complexity index is 359. The molecule has 0 aliphatic carbocycles. The Labute approximate surface area is 110 Å². The van der Waals surface area contributed by atoms with Crippen molar-refractivity contribution in [3.05, 3.63) is 0 Å². The van der Waals surface area contributed by atoms with Gasteiger partial charge in [0.15, 0.2) is 0 Å². The van der Waals surface area contributed by atoms with E-state index in [-0.39, 0.29) is 12.0 Å². The molecule has 0 saturated carbocycles. The predicted molar refractivity (Wildman–Crippen MR) is 71.1 cm³/mol. The maximum absolute atomic E-state index is 9.30. The summed E-state index contributed by atoms with van der Waals surface area (Å²) in [7, 11) is 0. The maximum Gasteiger partial charge on any atom is 0.145 e. The third kappa shape index (κ3) is 3.02. The monoisotopic (exact) mass is 249 g/mol. The molecule has 0 bridgehead atoms. The molecule has 2 rings (SSSR count). The fraction of sp³-hybridized carbons (Fsp3) is 0.857. The second-order valence-corrected chi connectivity index (χ2v) is 5.95. The third-order valence-electron chi connectivity index (χ3n) is 4.12. The van der Waals surface area contributed by atoms with Crippen LogP contribution in [-0.2, 0) is 4.84 Å². The minimum Gasteiger partial charge on any atom is -0.391 e. The first-order chi connectivity index (χ1) is 8.60. The van der Waals surface area contributed by atoms with E-state index in [1.54, 1.807) is 0 Å². The van der Waals surface area contributed by atoms with Crippen molar-refractivity contribution < 1.29 is 4.84 Å². The van der Waals surface area contributed by atoms with Gasteiger partial charge in [0.2, 0.25) is 0 Å². The Morgan fingerprint density at radius 2 is 2.33 bits per heavy atom. The van der Waals surface area contributed by atoms with Crippen LogP contribution in [0.2, 0.25) is 0 Å². The molecule has 3 atom stereocenters. The molecule has 0 aromatic carbocycles. The van der Waals surface area contributed by atoms with Gasteiger partial charge in [0.1, 0.15) is 6.10 Å². The van der Waals surface area contributed by atoms with Crippen LogP contribution in [-0.4, -0.2) is 36.3 Å². The first-order valence-electron chi connectivity index (χ1n) is 6.91. The summed E-state index contributed by atoms with van der Waals surface area (Å²) < 4.78 is 0. The Kier molecular flexibility index (Phi) is 4.23. The normalized spacial score (nSPS) is 33.1. The zero-order valence-corrected chi connectivity index (χ0v) is 11.6. The number of oxime groups is 1. The summed E-state index contributed by atoms with van der Waals surface area (Å²) in [5.41, 5.74) is 1.08. The van der Waals surface area contributed by atoms with Crippen LogP contribution in [0.25, 0.3) is 0 Å². The van der Waals surface area contributed by atoms with E-state index in [1.807, 2.05) is 6.92 Å². The fourth-order valence-corrected chi connectivity index (χ4v) is 3.09. The third-order valence-corrected chi connectivity index (χ3v) is 4.12. The molecule has 0 spiro atoms. The number of piperidine rings is 1. The highest BCUT2D eigenvalue weighted by Crippen LogP contribution is 2.30. The highest BCUT2D eigenvalue weighted by Gasteiger charge is 2.33.